The van der Waals surface area contributed by atoms with Gasteiger partial charge in [-0.05, 0) is 68.4 Å². The van der Waals surface area contributed by atoms with Gasteiger partial charge in [-0.15, -0.1) is 0 Å². The molecule has 1 amide bonds. The molecule has 0 N–H and O–H groups in total. The number of para-hydroxylation sites is 1. The molecule has 1 saturated heterocycles. The van der Waals surface area contributed by atoms with Crippen molar-refractivity contribution in [2.24, 2.45) is 23.2 Å². The van der Waals surface area contributed by atoms with E-state index in [1.807, 2.05) is 24.4 Å². The van der Waals surface area contributed by atoms with Gasteiger partial charge in [0.25, 0.3) is 0 Å². The monoisotopic (exact) mass is 390 g/mol. The first-order chi connectivity index (χ1) is 14.2. The minimum atomic E-state index is -0.0119. The Labute approximate surface area is 172 Å². The van der Waals surface area contributed by atoms with Crippen LogP contribution in [-0.2, 0) is 4.79 Å². The van der Waals surface area contributed by atoms with Crippen molar-refractivity contribution in [3.05, 3.63) is 36.5 Å². The fourth-order valence-corrected chi connectivity index (χ4v) is 7.24. The number of pyridine rings is 1. The van der Waals surface area contributed by atoms with Crippen molar-refractivity contribution in [3.8, 4) is 5.75 Å². The molecule has 2 aromatic rings. The maximum absolute atomic E-state index is 13.6. The van der Waals surface area contributed by atoms with Gasteiger partial charge >= 0.3 is 0 Å². The Balaban J connectivity index is 1.12. The van der Waals surface area contributed by atoms with Crippen LogP contribution in [0.15, 0.2) is 36.5 Å². The van der Waals surface area contributed by atoms with E-state index in [-0.39, 0.29) is 11.5 Å². The van der Waals surface area contributed by atoms with E-state index in [0.717, 1.165) is 79.6 Å². The molecule has 4 aliphatic carbocycles. The number of likely N-dealkylation sites (tertiary alicyclic amines) is 1. The second-order valence-electron chi connectivity index (χ2n) is 10.1. The van der Waals surface area contributed by atoms with Crippen molar-refractivity contribution in [1.82, 2.24) is 9.88 Å². The van der Waals surface area contributed by atoms with Crippen molar-refractivity contribution in [1.29, 1.82) is 0 Å². The number of carbonyl (C=O) groups is 1. The predicted octanol–water partition coefficient (Wildman–Crippen LogP) is 4.82. The van der Waals surface area contributed by atoms with Crippen molar-refractivity contribution in [2.75, 3.05) is 13.1 Å². The lowest BCUT2D eigenvalue weighted by Gasteiger charge is -2.57. The molecule has 4 bridgehead atoms. The van der Waals surface area contributed by atoms with Crippen LogP contribution < -0.4 is 4.74 Å². The molecule has 4 heteroatoms. The molecule has 0 atom stereocenters. The third-order valence-electron chi connectivity index (χ3n) is 8.11. The normalized spacial score (nSPS) is 33.9. The number of hydrogen-bond acceptors (Lipinski definition) is 3. The zero-order chi connectivity index (χ0) is 19.4. The van der Waals surface area contributed by atoms with E-state index in [9.17, 15) is 4.79 Å². The molecular weight excluding hydrogens is 360 g/mol. The maximum Gasteiger partial charge on any atom is 0.228 e. The molecule has 1 aromatic heterocycles. The number of aromatic nitrogens is 1. The average Bonchev–Trinajstić information content (AvgIpc) is 2.73. The number of fused-ring (bicyclic) bond motifs is 1. The SMILES string of the molecule is O=C(N1CCC(Oc2cccc3cccnc23)CC1)C12CC3CC(CC(C3)C1)C2. The Kier molecular flexibility index (Phi) is 4.11. The summed E-state index contributed by atoms with van der Waals surface area (Å²) in [5.41, 5.74) is 0.921. The zero-order valence-electron chi connectivity index (χ0n) is 17.1. The first kappa shape index (κ1) is 17.7. The standard InChI is InChI=1S/C25H30N2O2/c28-24(25-14-17-11-18(15-25)13-19(12-17)16-25)27-9-6-21(7-10-27)29-22-5-1-3-20-4-2-8-26-23(20)22/h1-5,8,17-19,21H,6-7,9-16H2. The molecule has 0 radical (unpaired) electrons. The fraction of sp³-hybridized carbons (Fsp3) is 0.600. The van der Waals surface area contributed by atoms with Gasteiger partial charge < -0.3 is 9.64 Å². The summed E-state index contributed by atoms with van der Waals surface area (Å²) in [6.07, 6.45) is 11.5. The molecule has 7 rings (SSSR count). The molecule has 5 aliphatic rings. The van der Waals surface area contributed by atoms with Crippen LogP contribution in [0.3, 0.4) is 0 Å². The summed E-state index contributed by atoms with van der Waals surface area (Å²) >= 11 is 0. The number of rotatable bonds is 3. The van der Waals surface area contributed by atoms with Gasteiger partial charge in [0.05, 0.1) is 5.41 Å². The molecule has 1 aliphatic heterocycles. The van der Waals surface area contributed by atoms with E-state index in [4.69, 9.17) is 4.74 Å². The highest BCUT2D eigenvalue weighted by atomic mass is 16.5. The molecule has 1 aromatic carbocycles. The molecule has 0 spiro atoms. The summed E-state index contributed by atoms with van der Waals surface area (Å²) in [4.78, 5) is 20.2. The lowest BCUT2D eigenvalue weighted by Crippen LogP contribution is -2.56. The first-order valence-corrected chi connectivity index (χ1v) is 11.5. The molecule has 29 heavy (non-hydrogen) atoms. The Morgan fingerprint density at radius 2 is 1.62 bits per heavy atom. The summed E-state index contributed by atoms with van der Waals surface area (Å²) in [5.74, 6) is 3.82. The van der Waals surface area contributed by atoms with Crippen LogP contribution in [0.5, 0.6) is 5.75 Å². The van der Waals surface area contributed by atoms with Crippen LogP contribution in [-0.4, -0.2) is 35.0 Å². The topological polar surface area (TPSA) is 42.4 Å². The van der Waals surface area contributed by atoms with Crippen LogP contribution >= 0.6 is 0 Å². The van der Waals surface area contributed by atoms with Crippen LogP contribution in [0.4, 0.5) is 0 Å². The summed E-state index contributed by atoms with van der Waals surface area (Å²) in [5, 5.41) is 1.11. The second-order valence-corrected chi connectivity index (χ2v) is 10.1. The highest BCUT2D eigenvalue weighted by molar-refractivity contribution is 5.84. The van der Waals surface area contributed by atoms with Crippen molar-refractivity contribution < 1.29 is 9.53 Å². The third-order valence-corrected chi connectivity index (χ3v) is 8.11. The number of ether oxygens (including phenoxy) is 1. The molecular formula is C25H30N2O2. The Morgan fingerprint density at radius 1 is 0.966 bits per heavy atom. The van der Waals surface area contributed by atoms with Gasteiger partial charge in [0.1, 0.15) is 17.4 Å². The summed E-state index contributed by atoms with van der Waals surface area (Å²) in [7, 11) is 0. The van der Waals surface area contributed by atoms with Gasteiger partial charge in [0.2, 0.25) is 5.91 Å². The summed E-state index contributed by atoms with van der Waals surface area (Å²) in [6.45, 7) is 1.67. The number of piperidine rings is 1. The maximum atomic E-state index is 13.6. The van der Waals surface area contributed by atoms with Crippen molar-refractivity contribution >= 4 is 16.8 Å². The Morgan fingerprint density at radius 3 is 2.31 bits per heavy atom. The predicted molar refractivity (Wildman–Crippen MR) is 113 cm³/mol. The van der Waals surface area contributed by atoms with E-state index in [0.29, 0.717) is 5.91 Å². The van der Waals surface area contributed by atoms with Gasteiger partial charge in [0.15, 0.2) is 0 Å². The van der Waals surface area contributed by atoms with E-state index in [1.165, 1.54) is 19.3 Å². The largest absolute Gasteiger partial charge is 0.488 e. The average molecular weight is 391 g/mol. The summed E-state index contributed by atoms with van der Waals surface area (Å²) in [6, 6.07) is 10.2. The summed E-state index contributed by atoms with van der Waals surface area (Å²) < 4.78 is 6.35. The highest BCUT2D eigenvalue weighted by Crippen LogP contribution is 2.60. The quantitative estimate of drug-likeness (QED) is 0.754. The minimum Gasteiger partial charge on any atom is -0.488 e. The number of benzene rings is 1. The molecule has 4 nitrogen and oxygen atoms in total. The molecule has 5 fully saturated rings. The molecule has 2 heterocycles. The highest BCUT2D eigenvalue weighted by Gasteiger charge is 2.55. The molecule has 4 saturated carbocycles. The number of amides is 1. The number of hydrogen-bond donors (Lipinski definition) is 0. The van der Waals surface area contributed by atoms with Gasteiger partial charge in [0, 0.05) is 37.5 Å². The fourth-order valence-electron chi connectivity index (χ4n) is 7.24. The van der Waals surface area contributed by atoms with Crippen molar-refractivity contribution in [3.63, 3.8) is 0 Å². The van der Waals surface area contributed by atoms with Gasteiger partial charge in [-0.1, -0.05) is 18.2 Å². The van der Waals surface area contributed by atoms with Crippen LogP contribution in [0.1, 0.15) is 51.4 Å². The van der Waals surface area contributed by atoms with E-state index < -0.39 is 0 Å². The smallest absolute Gasteiger partial charge is 0.228 e. The first-order valence-electron chi connectivity index (χ1n) is 11.5. The third kappa shape index (κ3) is 3.03. The Hall–Kier alpha value is -2.10. The van der Waals surface area contributed by atoms with E-state index in [2.05, 4.69) is 22.0 Å². The zero-order valence-corrected chi connectivity index (χ0v) is 17.1. The van der Waals surface area contributed by atoms with Crippen molar-refractivity contribution in [2.45, 2.75) is 57.5 Å². The van der Waals surface area contributed by atoms with E-state index >= 15 is 0 Å². The lowest BCUT2D eigenvalue weighted by atomic mass is 9.49. The molecule has 0 unspecified atom stereocenters. The van der Waals surface area contributed by atoms with E-state index in [1.54, 1.807) is 0 Å². The van der Waals surface area contributed by atoms with Gasteiger partial charge in [-0.3, -0.25) is 9.78 Å². The number of nitrogens with zero attached hydrogens (tertiary/aromatic N) is 2. The Bertz CT molecular complexity index is 891. The van der Waals surface area contributed by atoms with Crippen LogP contribution in [0.2, 0.25) is 0 Å². The minimum absolute atomic E-state index is 0.0119. The molecule has 152 valence electrons. The van der Waals surface area contributed by atoms with Crippen LogP contribution in [0, 0.1) is 23.2 Å². The lowest BCUT2D eigenvalue weighted by molar-refractivity contribution is -0.159. The van der Waals surface area contributed by atoms with Crippen LogP contribution in [0.25, 0.3) is 10.9 Å². The van der Waals surface area contributed by atoms with Gasteiger partial charge in [-0.2, -0.15) is 0 Å². The second kappa shape index (κ2) is 6.72. The van der Waals surface area contributed by atoms with Gasteiger partial charge in [-0.25, -0.2) is 0 Å². The number of carbonyl (C=O) groups excluding carboxylic acids is 1.